The monoisotopic (exact) mass is 266 g/mol. The van der Waals surface area contributed by atoms with Crippen LogP contribution >= 0.6 is 0 Å². The fourth-order valence-electron chi connectivity index (χ4n) is 1.61. The molecule has 7 heteroatoms. The van der Waals surface area contributed by atoms with Crippen LogP contribution in [0.15, 0.2) is 18.3 Å². The molecule has 19 heavy (non-hydrogen) atoms. The van der Waals surface area contributed by atoms with E-state index in [2.05, 4.69) is 10.3 Å². The van der Waals surface area contributed by atoms with Crippen LogP contribution in [-0.4, -0.2) is 54.4 Å². The lowest BCUT2D eigenvalue weighted by atomic mass is 10.2. The zero-order chi connectivity index (χ0) is 13.7. The fraction of sp³-hybridized carbons (Fsp3) is 0.417. The molecule has 1 aromatic rings. The molecule has 0 aliphatic carbocycles. The lowest BCUT2D eigenvalue weighted by molar-refractivity contribution is -0.0855. The molecule has 2 rings (SSSR count). The third-order valence-electron chi connectivity index (χ3n) is 2.62. The summed E-state index contributed by atoms with van der Waals surface area (Å²) >= 11 is 0. The summed E-state index contributed by atoms with van der Waals surface area (Å²) < 4.78 is 10.6. The first-order valence-electron chi connectivity index (χ1n) is 5.83. The molecule has 0 bridgehead atoms. The van der Waals surface area contributed by atoms with Crippen molar-refractivity contribution < 1.29 is 24.2 Å². The number of pyridine rings is 1. The van der Waals surface area contributed by atoms with E-state index in [-0.39, 0.29) is 23.3 Å². The van der Waals surface area contributed by atoms with Gasteiger partial charge < -0.3 is 19.9 Å². The highest BCUT2D eigenvalue weighted by Crippen LogP contribution is 2.02. The molecule has 0 aromatic carbocycles. The summed E-state index contributed by atoms with van der Waals surface area (Å²) in [6, 6.07) is 2.71. The van der Waals surface area contributed by atoms with E-state index in [4.69, 9.17) is 14.6 Å². The van der Waals surface area contributed by atoms with Gasteiger partial charge in [0.1, 0.15) is 5.69 Å². The molecule has 1 aliphatic rings. The van der Waals surface area contributed by atoms with Crippen molar-refractivity contribution in [3.05, 3.63) is 29.6 Å². The lowest BCUT2D eigenvalue weighted by Gasteiger charge is -2.22. The van der Waals surface area contributed by atoms with Crippen LogP contribution in [0.2, 0.25) is 0 Å². The fourth-order valence-corrected chi connectivity index (χ4v) is 1.61. The maximum absolute atomic E-state index is 11.8. The van der Waals surface area contributed by atoms with Crippen LogP contribution in [0.1, 0.15) is 20.8 Å². The first kappa shape index (κ1) is 13.4. The largest absolute Gasteiger partial charge is 0.478 e. The number of carbonyl (C=O) groups excluding carboxylic acids is 1. The number of amides is 1. The molecular formula is C12H14N2O5. The molecular weight excluding hydrogens is 252 g/mol. The number of nitrogens with zero attached hydrogens (tertiary/aromatic N) is 1. The zero-order valence-corrected chi connectivity index (χ0v) is 10.2. The first-order valence-corrected chi connectivity index (χ1v) is 5.83. The van der Waals surface area contributed by atoms with Crippen molar-refractivity contribution in [2.75, 3.05) is 26.4 Å². The Morgan fingerprint density at radius 2 is 2.26 bits per heavy atom. The van der Waals surface area contributed by atoms with Gasteiger partial charge in [-0.05, 0) is 12.1 Å². The van der Waals surface area contributed by atoms with Gasteiger partial charge in [-0.3, -0.25) is 9.78 Å². The van der Waals surface area contributed by atoms with Gasteiger partial charge in [-0.2, -0.15) is 0 Å². The molecule has 0 saturated carbocycles. The van der Waals surface area contributed by atoms with Gasteiger partial charge in [-0.15, -0.1) is 0 Å². The zero-order valence-electron chi connectivity index (χ0n) is 10.2. The second kappa shape index (κ2) is 6.26. The Kier molecular flexibility index (Phi) is 4.43. The minimum atomic E-state index is -1.08. The molecule has 0 radical (unpaired) electrons. The highest BCUT2D eigenvalue weighted by atomic mass is 16.6. The number of carboxylic acid groups (broad SMARTS) is 1. The number of rotatable bonds is 4. The number of carbonyl (C=O) groups is 2. The Hall–Kier alpha value is -1.99. The molecule has 1 fully saturated rings. The number of nitrogens with one attached hydrogen (secondary N) is 1. The predicted molar refractivity (Wildman–Crippen MR) is 64.1 cm³/mol. The molecule has 2 N–H and O–H groups in total. The number of hydrogen-bond donors (Lipinski definition) is 2. The molecule has 7 nitrogen and oxygen atoms in total. The van der Waals surface area contributed by atoms with E-state index in [0.29, 0.717) is 26.4 Å². The Morgan fingerprint density at radius 1 is 1.42 bits per heavy atom. The van der Waals surface area contributed by atoms with E-state index < -0.39 is 5.97 Å². The summed E-state index contributed by atoms with van der Waals surface area (Å²) in [5.41, 5.74) is 0.210. The molecule has 0 spiro atoms. The molecule has 1 saturated heterocycles. The van der Waals surface area contributed by atoms with E-state index in [1.165, 1.54) is 12.1 Å². The van der Waals surface area contributed by atoms with Crippen LogP contribution in [0.3, 0.4) is 0 Å². The van der Waals surface area contributed by atoms with Crippen molar-refractivity contribution in [3.8, 4) is 0 Å². The quantitative estimate of drug-likeness (QED) is 0.791. The van der Waals surface area contributed by atoms with Crippen LogP contribution in [0, 0.1) is 0 Å². The van der Waals surface area contributed by atoms with Gasteiger partial charge in [0.05, 0.1) is 31.5 Å². The molecule has 102 valence electrons. The smallest absolute Gasteiger partial charge is 0.337 e. The molecule has 1 aromatic heterocycles. The van der Waals surface area contributed by atoms with Crippen molar-refractivity contribution in [3.63, 3.8) is 0 Å². The minimum absolute atomic E-state index is 0.0422. The summed E-state index contributed by atoms with van der Waals surface area (Å²) in [6.07, 6.45) is 0.994. The normalized spacial score (nSPS) is 18.8. The highest BCUT2D eigenvalue weighted by molar-refractivity contribution is 5.93. The molecule has 1 atom stereocenters. The third-order valence-corrected chi connectivity index (χ3v) is 2.62. The lowest BCUT2D eigenvalue weighted by Crippen LogP contribution is -2.39. The van der Waals surface area contributed by atoms with Crippen LogP contribution in [0.5, 0.6) is 0 Å². The Bertz CT molecular complexity index is 454. The number of aromatic carboxylic acids is 1. The summed E-state index contributed by atoms with van der Waals surface area (Å²) in [7, 11) is 0. The standard InChI is InChI=1S/C12H14N2O5/c15-11(14-6-9-7-18-3-4-19-9)10-2-1-8(5-13-10)12(16)17/h1-2,5,9H,3-4,6-7H2,(H,14,15)(H,16,17). The topological polar surface area (TPSA) is 97.8 Å². The van der Waals surface area contributed by atoms with Crippen molar-refractivity contribution in [1.29, 1.82) is 0 Å². The van der Waals surface area contributed by atoms with Gasteiger partial charge in [0.15, 0.2) is 0 Å². The van der Waals surface area contributed by atoms with E-state index >= 15 is 0 Å². The van der Waals surface area contributed by atoms with Crippen LogP contribution in [0.25, 0.3) is 0 Å². The van der Waals surface area contributed by atoms with Crippen LogP contribution < -0.4 is 5.32 Å². The van der Waals surface area contributed by atoms with E-state index in [0.717, 1.165) is 6.20 Å². The SMILES string of the molecule is O=C(O)c1ccc(C(=O)NCC2COCCO2)nc1. The Balaban J connectivity index is 1.86. The maximum atomic E-state index is 11.8. The molecule has 1 aliphatic heterocycles. The second-order valence-corrected chi connectivity index (χ2v) is 4.02. The average molecular weight is 266 g/mol. The molecule has 1 unspecified atom stereocenters. The second-order valence-electron chi connectivity index (χ2n) is 4.02. The number of aromatic nitrogens is 1. The maximum Gasteiger partial charge on any atom is 0.337 e. The summed E-state index contributed by atoms with van der Waals surface area (Å²) in [4.78, 5) is 26.2. The molecule has 2 heterocycles. The number of carboxylic acids is 1. The van der Waals surface area contributed by atoms with Crippen molar-refractivity contribution in [1.82, 2.24) is 10.3 Å². The summed E-state index contributed by atoms with van der Waals surface area (Å²) in [5, 5.41) is 11.4. The predicted octanol–water partition coefficient (Wildman–Crippen LogP) is -0.0750. The third kappa shape index (κ3) is 3.73. The van der Waals surface area contributed by atoms with Crippen molar-refractivity contribution in [2.24, 2.45) is 0 Å². The average Bonchev–Trinajstić information content (AvgIpc) is 2.46. The number of ether oxygens (including phenoxy) is 2. The van der Waals surface area contributed by atoms with E-state index in [1.54, 1.807) is 0 Å². The minimum Gasteiger partial charge on any atom is -0.478 e. The summed E-state index contributed by atoms with van der Waals surface area (Å²) in [6.45, 7) is 1.88. The molecule has 1 amide bonds. The number of hydrogen-bond acceptors (Lipinski definition) is 5. The first-order chi connectivity index (χ1) is 9.16. The van der Waals surface area contributed by atoms with Crippen LogP contribution in [0.4, 0.5) is 0 Å². The van der Waals surface area contributed by atoms with Crippen LogP contribution in [-0.2, 0) is 9.47 Å². The van der Waals surface area contributed by atoms with E-state index in [1.807, 2.05) is 0 Å². The Labute approximate surface area is 109 Å². The summed E-state index contributed by atoms with van der Waals surface area (Å²) in [5.74, 6) is -1.45. The van der Waals surface area contributed by atoms with Gasteiger partial charge in [0, 0.05) is 12.7 Å². The van der Waals surface area contributed by atoms with Gasteiger partial charge in [0.25, 0.3) is 5.91 Å². The van der Waals surface area contributed by atoms with Gasteiger partial charge >= 0.3 is 5.97 Å². The van der Waals surface area contributed by atoms with Gasteiger partial charge in [-0.25, -0.2) is 4.79 Å². The Morgan fingerprint density at radius 3 is 2.84 bits per heavy atom. The van der Waals surface area contributed by atoms with Crippen molar-refractivity contribution >= 4 is 11.9 Å². The van der Waals surface area contributed by atoms with Gasteiger partial charge in [0.2, 0.25) is 0 Å². The van der Waals surface area contributed by atoms with Gasteiger partial charge in [-0.1, -0.05) is 0 Å². The van der Waals surface area contributed by atoms with Crippen molar-refractivity contribution in [2.45, 2.75) is 6.10 Å². The van der Waals surface area contributed by atoms with E-state index in [9.17, 15) is 9.59 Å². The highest BCUT2D eigenvalue weighted by Gasteiger charge is 2.16.